The highest BCUT2D eigenvalue weighted by molar-refractivity contribution is 6.12. The summed E-state index contributed by atoms with van der Waals surface area (Å²) in [5.41, 5.74) is 3.94. The largest absolute Gasteiger partial charge is 0.418 e. The second kappa shape index (κ2) is 14.3. The highest BCUT2D eigenvalue weighted by Gasteiger charge is 2.37. The second-order valence-electron chi connectivity index (χ2n) is 14.9. The van der Waals surface area contributed by atoms with Gasteiger partial charge in [-0.1, -0.05) is 103 Å². The van der Waals surface area contributed by atoms with Gasteiger partial charge in [-0.3, -0.25) is 0 Å². The van der Waals surface area contributed by atoms with Crippen LogP contribution in [0.15, 0.2) is 170 Å². The summed E-state index contributed by atoms with van der Waals surface area (Å²) in [6, 6.07) is 48.7. The van der Waals surface area contributed by atoms with Crippen molar-refractivity contribution >= 4 is 49.3 Å². The molecule has 0 atom stereocenters. The van der Waals surface area contributed by atoms with E-state index < -0.39 is 23.5 Å². The van der Waals surface area contributed by atoms with Crippen LogP contribution in [0.25, 0.3) is 93.2 Å². The minimum atomic E-state index is -4.79. The van der Waals surface area contributed by atoms with Crippen LogP contribution in [0.4, 0.5) is 32.0 Å². The third-order valence-corrected chi connectivity index (χ3v) is 11.5. The summed E-state index contributed by atoms with van der Waals surface area (Å²) in [5.74, 6) is 0. The second-order valence-corrected chi connectivity index (χ2v) is 14.9. The number of aromatic nitrogens is 2. The van der Waals surface area contributed by atoms with Crippen LogP contribution in [0.3, 0.4) is 0 Å². The summed E-state index contributed by atoms with van der Waals surface area (Å²) in [4.78, 5) is 3.66. The van der Waals surface area contributed by atoms with Crippen LogP contribution in [0.5, 0.6) is 0 Å². The van der Waals surface area contributed by atoms with Gasteiger partial charge in [0, 0.05) is 21.5 Å². The number of nitriles is 1. The predicted molar refractivity (Wildman–Crippen MR) is 232 cm³/mol. The van der Waals surface area contributed by atoms with Gasteiger partial charge in [0.25, 0.3) is 0 Å². The summed E-state index contributed by atoms with van der Waals surface area (Å²) in [7, 11) is 0. The lowest BCUT2D eigenvalue weighted by molar-refractivity contribution is -0.138. The van der Waals surface area contributed by atoms with Gasteiger partial charge in [0.1, 0.15) is 0 Å². The number of alkyl halides is 6. The molecule has 0 saturated carbocycles. The molecule has 0 amide bonds. The number of para-hydroxylation sites is 3. The van der Waals surface area contributed by atoms with Gasteiger partial charge in [0.2, 0.25) is 0 Å². The van der Waals surface area contributed by atoms with Crippen molar-refractivity contribution in [3.05, 3.63) is 198 Å². The fourth-order valence-electron chi connectivity index (χ4n) is 8.72. The summed E-state index contributed by atoms with van der Waals surface area (Å²) >= 11 is 0. The smallest absolute Gasteiger partial charge is 0.309 e. The van der Waals surface area contributed by atoms with Gasteiger partial charge in [-0.25, -0.2) is 4.85 Å². The molecule has 0 aliphatic rings. The van der Waals surface area contributed by atoms with Crippen molar-refractivity contribution in [2.75, 3.05) is 0 Å². The molecule has 10 heteroatoms. The van der Waals surface area contributed by atoms with E-state index in [0.717, 1.165) is 17.7 Å². The molecule has 0 radical (unpaired) electrons. The Morgan fingerprint density at radius 2 is 0.855 bits per heavy atom. The Hall–Kier alpha value is -8.08. The molecule has 10 rings (SSSR count). The summed E-state index contributed by atoms with van der Waals surface area (Å²) in [5, 5.41) is 12.5. The van der Waals surface area contributed by atoms with Crippen molar-refractivity contribution in [2.24, 2.45) is 0 Å². The zero-order chi connectivity index (χ0) is 42.9. The SMILES string of the molecule is [C-]#[N+]c1ccccc1-c1ccc2c(c1)c1ccccc1n2-c1cc(-c2ccc(C(F)(F)F)c(-n3c4ccccc4c4cc(-c5ccccc5C#N)ccc43)c2)ccc1C(F)(F)F. The molecule has 10 aromatic rings. The molecule has 0 spiro atoms. The van der Waals surface area contributed by atoms with Crippen molar-refractivity contribution in [1.82, 2.24) is 9.13 Å². The number of halogens is 6. The van der Waals surface area contributed by atoms with Crippen LogP contribution in [0.1, 0.15) is 16.7 Å². The molecular formula is C52H28F6N4. The average molecular weight is 823 g/mol. The molecule has 8 aromatic carbocycles. The first-order valence-corrected chi connectivity index (χ1v) is 19.4. The van der Waals surface area contributed by atoms with Gasteiger partial charge in [-0.2, -0.15) is 31.6 Å². The number of rotatable bonds is 5. The Kier molecular flexibility index (Phi) is 8.79. The number of hydrogen-bond donors (Lipinski definition) is 0. The minimum absolute atomic E-state index is 0.195. The predicted octanol–water partition coefficient (Wildman–Crippen LogP) is 15.3. The molecule has 2 aromatic heterocycles. The number of hydrogen-bond acceptors (Lipinski definition) is 1. The summed E-state index contributed by atoms with van der Waals surface area (Å²) < 4.78 is 93.5. The number of fused-ring (bicyclic) bond motifs is 6. The molecule has 62 heavy (non-hydrogen) atoms. The van der Waals surface area contributed by atoms with E-state index in [4.69, 9.17) is 6.57 Å². The molecular weight excluding hydrogens is 795 g/mol. The standard InChI is InChI=1S/C52H28F6N4/c1-60-44-15-7-4-12-37(44)34-21-25-48-41(27-34)39-14-6-9-17-46(39)62(48)50-29-32(19-23-43(50)52(56,57)58)31-18-22-42(51(53,54)55)49(28-31)61-45-16-8-5-13-38(45)40-26-33(20-24-47(40)61)36-11-3-2-10-35(36)30-59/h2-29H. The highest BCUT2D eigenvalue weighted by atomic mass is 19.4. The maximum absolute atomic E-state index is 15.1. The lowest BCUT2D eigenvalue weighted by Crippen LogP contribution is -2.12. The monoisotopic (exact) mass is 822 g/mol. The van der Waals surface area contributed by atoms with E-state index >= 15 is 26.3 Å². The average Bonchev–Trinajstić information content (AvgIpc) is 3.80. The lowest BCUT2D eigenvalue weighted by atomic mass is 9.98. The molecule has 0 saturated heterocycles. The van der Waals surface area contributed by atoms with E-state index in [1.165, 1.54) is 24.3 Å². The molecule has 2 heterocycles. The van der Waals surface area contributed by atoms with Crippen molar-refractivity contribution in [2.45, 2.75) is 12.4 Å². The fourth-order valence-corrected chi connectivity index (χ4v) is 8.72. The Morgan fingerprint density at radius 1 is 0.435 bits per heavy atom. The van der Waals surface area contributed by atoms with E-state index in [0.29, 0.717) is 71.6 Å². The normalized spacial score (nSPS) is 12.0. The Morgan fingerprint density at radius 3 is 1.35 bits per heavy atom. The van der Waals surface area contributed by atoms with Crippen LogP contribution in [0, 0.1) is 17.9 Å². The van der Waals surface area contributed by atoms with E-state index in [1.807, 2.05) is 48.5 Å². The van der Waals surface area contributed by atoms with Crippen molar-refractivity contribution in [3.8, 4) is 50.8 Å². The number of nitrogens with zero attached hydrogens (tertiary/aromatic N) is 4. The van der Waals surface area contributed by atoms with Crippen molar-refractivity contribution in [3.63, 3.8) is 0 Å². The van der Waals surface area contributed by atoms with Crippen LogP contribution in [-0.2, 0) is 12.4 Å². The van der Waals surface area contributed by atoms with E-state index in [1.54, 1.807) is 94.1 Å². The summed E-state index contributed by atoms with van der Waals surface area (Å²) in [6.45, 7) is 7.68. The zero-order valence-corrected chi connectivity index (χ0v) is 32.2. The molecule has 0 aliphatic carbocycles. The van der Waals surface area contributed by atoms with E-state index in [-0.39, 0.29) is 22.5 Å². The van der Waals surface area contributed by atoms with Gasteiger partial charge in [0.15, 0.2) is 5.69 Å². The maximum Gasteiger partial charge on any atom is 0.418 e. The van der Waals surface area contributed by atoms with Crippen LogP contribution < -0.4 is 0 Å². The van der Waals surface area contributed by atoms with Gasteiger partial charge < -0.3 is 9.13 Å². The third kappa shape index (κ3) is 6.15. The molecule has 4 nitrogen and oxygen atoms in total. The fraction of sp³-hybridized carbons (Fsp3) is 0.0385. The van der Waals surface area contributed by atoms with E-state index in [9.17, 15) is 5.26 Å². The lowest BCUT2D eigenvalue weighted by Gasteiger charge is -2.20. The van der Waals surface area contributed by atoms with Gasteiger partial charge in [0.05, 0.1) is 62.8 Å². The molecule has 0 fully saturated rings. The molecule has 0 unspecified atom stereocenters. The van der Waals surface area contributed by atoms with Crippen LogP contribution in [-0.4, -0.2) is 9.13 Å². The Labute approximate surface area is 350 Å². The first kappa shape index (κ1) is 38.1. The number of benzene rings is 8. The first-order chi connectivity index (χ1) is 29.9. The van der Waals surface area contributed by atoms with Crippen molar-refractivity contribution in [1.29, 1.82) is 5.26 Å². The topological polar surface area (TPSA) is 38.0 Å². The minimum Gasteiger partial charge on any atom is -0.309 e. The third-order valence-electron chi connectivity index (χ3n) is 11.5. The molecule has 0 N–H and O–H groups in total. The highest BCUT2D eigenvalue weighted by Crippen LogP contribution is 2.45. The van der Waals surface area contributed by atoms with Crippen molar-refractivity contribution < 1.29 is 26.3 Å². The maximum atomic E-state index is 15.1. The molecule has 298 valence electrons. The first-order valence-electron chi connectivity index (χ1n) is 19.4. The Balaban J connectivity index is 1.20. The van der Waals surface area contributed by atoms with E-state index in [2.05, 4.69) is 10.9 Å². The van der Waals surface area contributed by atoms with Gasteiger partial charge >= 0.3 is 12.4 Å². The Bertz CT molecular complexity index is 3300. The van der Waals surface area contributed by atoms with Gasteiger partial charge in [-0.15, -0.1) is 0 Å². The summed E-state index contributed by atoms with van der Waals surface area (Å²) in [6.07, 6.45) is -9.58. The van der Waals surface area contributed by atoms with Crippen LogP contribution in [0.2, 0.25) is 0 Å². The van der Waals surface area contributed by atoms with Crippen LogP contribution >= 0.6 is 0 Å². The molecule has 0 aliphatic heterocycles. The zero-order valence-electron chi connectivity index (χ0n) is 32.2. The van der Waals surface area contributed by atoms with Gasteiger partial charge in [-0.05, 0) is 100 Å². The molecule has 0 bridgehead atoms. The quantitative estimate of drug-likeness (QED) is 0.126.